The van der Waals surface area contributed by atoms with Crippen molar-refractivity contribution < 1.29 is 9.47 Å². The molecule has 2 aromatic rings. The van der Waals surface area contributed by atoms with Crippen molar-refractivity contribution in [3.63, 3.8) is 0 Å². The second-order valence-electron chi connectivity index (χ2n) is 7.66. The third-order valence-electron chi connectivity index (χ3n) is 5.12. The fourth-order valence-corrected chi connectivity index (χ4v) is 3.81. The van der Waals surface area contributed by atoms with Crippen molar-refractivity contribution >= 4 is 11.7 Å². The van der Waals surface area contributed by atoms with E-state index in [2.05, 4.69) is 22.6 Å². The van der Waals surface area contributed by atoms with Crippen LogP contribution in [-0.2, 0) is 0 Å². The maximum atomic E-state index is 6.22. The Bertz CT molecular complexity index is 646. The molecule has 0 amide bonds. The van der Waals surface area contributed by atoms with E-state index >= 15 is 0 Å². The molecule has 0 aliphatic carbocycles. The van der Waals surface area contributed by atoms with Gasteiger partial charge in [0, 0.05) is 5.56 Å². The van der Waals surface area contributed by atoms with E-state index in [1.54, 1.807) is 6.20 Å². The quantitative estimate of drug-likeness (QED) is 0.247. The van der Waals surface area contributed by atoms with E-state index < -0.39 is 0 Å². The largest absolute Gasteiger partial charge is 0.490 e. The van der Waals surface area contributed by atoms with Gasteiger partial charge in [-0.05, 0) is 25.0 Å². The van der Waals surface area contributed by atoms with Gasteiger partial charge in [-0.25, -0.2) is 0 Å². The monoisotopic (exact) mass is 418 g/mol. The highest BCUT2D eigenvalue weighted by molar-refractivity contribution is 6.99. The molecule has 2 rings (SSSR count). The Kier molecular flexibility index (Phi) is 12.4. The van der Waals surface area contributed by atoms with Crippen LogP contribution in [0.25, 0.3) is 11.3 Å². The molecule has 0 atom stereocenters. The van der Waals surface area contributed by atoms with Crippen LogP contribution in [0.5, 0.6) is 11.5 Å². The highest BCUT2D eigenvalue weighted by Crippen LogP contribution is 2.38. The van der Waals surface area contributed by atoms with E-state index in [9.17, 15) is 0 Å². The van der Waals surface area contributed by atoms with Gasteiger partial charge >= 0.3 is 0 Å². The van der Waals surface area contributed by atoms with Crippen molar-refractivity contribution in [3.8, 4) is 22.8 Å². The van der Waals surface area contributed by atoms with Gasteiger partial charge in [0.15, 0.2) is 11.5 Å². The minimum absolute atomic E-state index is 0.716. The number of para-hydroxylation sites is 1. The summed E-state index contributed by atoms with van der Waals surface area (Å²) >= 11 is 1.22. The second-order valence-corrected chi connectivity index (χ2v) is 8.21. The van der Waals surface area contributed by atoms with E-state index in [0.29, 0.717) is 6.61 Å². The Balaban J connectivity index is 1.89. The smallest absolute Gasteiger partial charge is 0.170 e. The van der Waals surface area contributed by atoms with Gasteiger partial charge in [-0.2, -0.15) is 8.75 Å². The minimum atomic E-state index is 0.716. The summed E-state index contributed by atoms with van der Waals surface area (Å²) in [7, 11) is 0. The maximum absolute atomic E-state index is 6.22. The van der Waals surface area contributed by atoms with Gasteiger partial charge in [0.25, 0.3) is 0 Å². The van der Waals surface area contributed by atoms with Gasteiger partial charge in [0.1, 0.15) is 5.69 Å². The number of nitrogens with zero attached hydrogens (tertiary/aromatic N) is 2. The fraction of sp³-hybridized carbons (Fsp3) is 0.667. The number of ether oxygens (including phenoxy) is 2. The van der Waals surface area contributed by atoms with E-state index in [4.69, 9.17) is 9.47 Å². The average Bonchev–Trinajstić information content (AvgIpc) is 3.27. The van der Waals surface area contributed by atoms with Gasteiger partial charge in [0.2, 0.25) is 0 Å². The molecule has 0 N–H and O–H groups in total. The highest BCUT2D eigenvalue weighted by atomic mass is 32.1. The first-order valence-electron chi connectivity index (χ1n) is 11.5. The lowest BCUT2D eigenvalue weighted by Crippen LogP contribution is -2.04. The lowest BCUT2D eigenvalue weighted by Gasteiger charge is -2.16. The van der Waals surface area contributed by atoms with Gasteiger partial charge in [0.05, 0.1) is 31.1 Å². The Morgan fingerprint density at radius 2 is 1.38 bits per heavy atom. The summed E-state index contributed by atoms with van der Waals surface area (Å²) in [6.45, 7) is 5.95. The summed E-state index contributed by atoms with van der Waals surface area (Å²) in [5.74, 6) is 1.65. The average molecular weight is 419 g/mol. The van der Waals surface area contributed by atoms with Crippen molar-refractivity contribution in [2.45, 2.75) is 90.9 Å². The second kappa shape index (κ2) is 15.3. The summed E-state index contributed by atoms with van der Waals surface area (Å²) in [5.41, 5.74) is 1.84. The molecule has 0 fully saturated rings. The summed E-state index contributed by atoms with van der Waals surface area (Å²) in [4.78, 5) is 0. The number of benzene rings is 1. The molecule has 29 heavy (non-hydrogen) atoms. The van der Waals surface area contributed by atoms with Crippen molar-refractivity contribution in [1.82, 2.24) is 8.75 Å². The van der Waals surface area contributed by atoms with Crippen LogP contribution in [0.1, 0.15) is 90.9 Å². The van der Waals surface area contributed by atoms with Crippen molar-refractivity contribution in [2.75, 3.05) is 13.2 Å². The minimum Gasteiger partial charge on any atom is -0.490 e. The van der Waals surface area contributed by atoms with Crippen LogP contribution in [-0.4, -0.2) is 22.0 Å². The number of hydrogen-bond donors (Lipinski definition) is 0. The summed E-state index contributed by atoms with van der Waals surface area (Å²) < 4.78 is 20.9. The molecule has 0 unspecified atom stereocenters. The number of hydrogen-bond acceptors (Lipinski definition) is 5. The van der Waals surface area contributed by atoms with Crippen molar-refractivity contribution in [3.05, 3.63) is 24.4 Å². The molecule has 5 heteroatoms. The molecule has 0 spiro atoms. The molecular weight excluding hydrogens is 380 g/mol. The Hall–Kier alpha value is -1.62. The van der Waals surface area contributed by atoms with Gasteiger partial charge in [-0.3, -0.25) is 0 Å². The lowest BCUT2D eigenvalue weighted by atomic mass is 10.1. The fourth-order valence-electron chi connectivity index (χ4n) is 3.38. The summed E-state index contributed by atoms with van der Waals surface area (Å²) in [6, 6.07) is 6.07. The van der Waals surface area contributed by atoms with Crippen LogP contribution in [0.2, 0.25) is 0 Å². The topological polar surface area (TPSA) is 44.2 Å². The third kappa shape index (κ3) is 9.16. The highest BCUT2D eigenvalue weighted by Gasteiger charge is 2.15. The SMILES string of the molecule is CCCCCCCCOc1cccc(-c2cnsn2)c1OCCCCCCCC. The molecule has 0 saturated heterocycles. The molecule has 1 aromatic carbocycles. The molecule has 1 aromatic heterocycles. The van der Waals surface area contributed by atoms with Crippen LogP contribution in [0.15, 0.2) is 24.4 Å². The van der Waals surface area contributed by atoms with E-state index in [-0.39, 0.29) is 0 Å². The van der Waals surface area contributed by atoms with Gasteiger partial charge in [-0.15, -0.1) is 0 Å². The molecule has 0 saturated carbocycles. The van der Waals surface area contributed by atoms with E-state index in [1.165, 1.54) is 75.9 Å². The predicted octanol–water partition coefficient (Wildman–Crippen LogP) is 7.68. The van der Waals surface area contributed by atoms with E-state index in [0.717, 1.165) is 42.2 Å². The van der Waals surface area contributed by atoms with Crippen LogP contribution >= 0.6 is 11.7 Å². The zero-order valence-electron chi connectivity index (χ0n) is 18.3. The van der Waals surface area contributed by atoms with Crippen LogP contribution in [0.3, 0.4) is 0 Å². The Morgan fingerprint density at radius 1 is 0.759 bits per heavy atom. The van der Waals surface area contributed by atoms with Gasteiger partial charge in [-0.1, -0.05) is 84.1 Å². The van der Waals surface area contributed by atoms with Crippen LogP contribution < -0.4 is 9.47 Å². The molecule has 1 heterocycles. The van der Waals surface area contributed by atoms with Crippen molar-refractivity contribution in [1.29, 1.82) is 0 Å². The zero-order valence-corrected chi connectivity index (χ0v) is 19.1. The van der Waals surface area contributed by atoms with Crippen molar-refractivity contribution in [2.24, 2.45) is 0 Å². The first kappa shape index (κ1) is 23.7. The molecule has 4 nitrogen and oxygen atoms in total. The molecule has 0 radical (unpaired) electrons. The maximum Gasteiger partial charge on any atom is 0.170 e. The lowest BCUT2D eigenvalue weighted by molar-refractivity contribution is 0.259. The van der Waals surface area contributed by atoms with Crippen LogP contribution in [0, 0.1) is 0 Å². The Labute approximate surface area is 181 Å². The predicted molar refractivity (Wildman–Crippen MR) is 123 cm³/mol. The standard InChI is InChI=1S/C24H38N2O2S/c1-3-5-7-9-11-13-18-27-23-17-15-16-21(22-20-25-29-26-22)24(23)28-19-14-12-10-8-6-4-2/h15-17,20H,3-14,18-19H2,1-2H3. The van der Waals surface area contributed by atoms with E-state index in [1.807, 2.05) is 18.2 Å². The number of rotatable bonds is 17. The Morgan fingerprint density at radius 3 is 2.00 bits per heavy atom. The van der Waals surface area contributed by atoms with Gasteiger partial charge < -0.3 is 9.47 Å². The zero-order chi connectivity index (χ0) is 20.6. The first-order valence-corrected chi connectivity index (χ1v) is 12.3. The number of aromatic nitrogens is 2. The molecule has 0 bridgehead atoms. The molecule has 162 valence electrons. The summed E-state index contributed by atoms with van der Waals surface area (Å²) in [6.07, 6.45) is 16.9. The van der Waals surface area contributed by atoms with Crippen LogP contribution in [0.4, 0.5) is 0 Å². The number of unbranched alkanes of at least 4 members (excludes halogenated alkanes) is 10. The molecule has 0 aliphatic rings. The first-order chi connectivity index (χ1) is 14.4. The molecular formula is C24H38N2O2S. The molecule has 0 aliphatic heterocycles. The summed E-state index contributed by atoms with van der Waals surface area (Å²) in [5, 5.41) is 0. The normalized spacial score (nSPS) is 11.0. The third-order valence-corrected chi connectivity index (χ3v) is 5.59.